The van der Waals surface area contributed by atoms with Gasteiger partial charge < -0.3 is 24.8 Å². The molecule has 13 heteroatoms. The highest BCUT2D eigenvalue weighted by Crippen LogP contribution is 2.40. The highest BCUT2D eigenvalue weighted by molar-refractivity contribution is 5.99. The van der Waals surface area contributed by atoms with E-state index in [1.807, 2.05) is 0 Å². The van der Waals surface area contributed by atoms with Gasteiger partial charge in [0.1, 0.15) is 34.4 Å². The summed E-state index contributed by atoms with van der Waals surface area (Å²) < 4.78 is 70.8. The van der Waals surface area contributed by atoms with E-state index in [2.05, 4.69) is 25.8 Å². The minimum atomic E-state index is -4.78. The number of urea groups is 1. The first-order valence-electron chi connectivity index (χ1n) is 12.0. The first kappa shape index (κ1) is 27.4. The molecule has 0 aliphatic carbocycles. The number of hydrogen-bond acceptors (Lipinski definition) is 6. The minimum absolute atomic E-state index is 0.0239. The predicted octanol–water partition coefficient (Wildman–Crippen LogP) is 7.49. The standard InChI is InChI=1S/C28H21F4N5O4/c1-39-15-16-13-33-26-22(14-34-37-26)25(16)41-21-9-4-18(5-10-21)35-27(38)36-19-6-11-24(23(12-19)28(30,31)32)40-20-7-2-17(29)3-8-20/h2-14H,15H2,1H3,(H,33,34,37)(H2,35,36,38). The summed E-state index contributed by atoms with van der Waals surface area (Å²) in [6, 6.07) is 13.2. The quantitative estimate of drug-likeness (QED) is 0.168. The van der Waals surface area contributed by atoms with Crippen LogP contribution in [0, 0.1) is 5.82 Å². The van der Waals surface area contributed by atoms with E-state index in [-0.39, 0.29) is 18.0 Å². The van der Waals surface area contributed by atoms with Crippen molar-refractivity contribution < 1.29 is 36.6 Å². The van der Waals surface area contributed by atoms with E-state index in [0.717, 1.165) is 24.3 Å². The van der Waals surface area contributed by atoms with Gasteiger partial charge in [0.2, 0.25) is 0 Å². The van der Waals surface area contributed by atoms with Crippen molar-refractivity contribution in [3.8, 4) is 23.0 Å². The zero-order valence-electron chi connectivity index (χ0n) is 21.3. The predicted molar refractivity (Wildman–Crippen MR) is 142 cm³/mol. The summed E-state index contributed by atoms with van der Waals surface area (Å²) in [5.74, 6) is -0.0660. The van der Waals surface area contributed by atoms with Gasteiger partial charge in [-0.15, -0.1) is 0 Å². The molecule has 0 fully saturated rings. The van der Waals surface area contributed by atoms with Crippen LogP contribution in [-0.2, 0) is 17.5 Å². The smallest absolute Gasteiger partial charge is 0.420 e. The second-order valence-corrected chi connectivity index (χ2v) is 8.65. The number of methoxy groups -OCH3 is 1. The second-order valence-electron chi connectivity index (χ2n) is 8.65. The summed E-state index contributed by atoms with van der Waals surface area (Å²) in [5.41, 5.74) is 0.377. The van der Waals surface area contributed by atoms with Gasteiger partial charge in [-0.25, -0.2) is 14.2 Å². The Labute approximate surface area is 230 Å². The van der Waals surface area contributed by atoms with Gasteiger partial charge in [0.25, 0.3) is 0 Å². The number of carbonyl (C=O) groups excluding carboxylic acids is 1. The van der Waals surface area contributed by atoms with Crippen LogP contribution in [0.2, 0.25) is 0 Å². The normalized spacial score (nSPS) is 11.3. The Morgan fingerprint density at radius 3 is 2.27 bits per heavy atom. The Hall–Kier alpha value is -5.17. The average Bonchev–Trinajstić information content (AvgIpc) is 3.42. The summed E-state index contributed by atoms with van der Waals surface area (Å²) in [5, 5.41) is 12.4. The van der Waals surface area contributed by atoms with Crippen molar-refractivity contribution in [1.82, 2.24) is 15.2 Å². The number of nitrogens with one attached hydrogen (secondary N) is 3. The minimum Gasteiger partial charge on any atom is -0.457 e. The third-order valence-electron chi connectivity index (χ3n) is 5.72. The Kier molecular flexibility index (Phi) is 7.70. The number of amides is 2. The number of carbonyl (C=O) groups is 1. The van der Waals surface area contributed by atoms with Gasteiger partial charge in [-0.2, -0.15) is 18.3 Å². The lowest BCUT2D eigenvalue weighted by Crippen LogP contribution is -2.20. The van der Waals surface area contributed by atoms with Gasteiger partial charge in [-0.3, -0.25) is 5.10 Å². The first-order valence-corrected chi connectivity index (χ1v) is 12.0. The van der Waals surface area contributed by atoms with Crippen molar-refractivity contribution in [1.29, 1.82) is 0 Å². The molecule has 0 spiro atoms. The Balaban J connectivity index is 1.26. The number of benzene rings is 3. The molecule has 0 saturated carbocycles. The molecular formula is C28H21F4N5O4. The molecule has 5 aromatic rings. The van der Waals surface area contributed by atoms with Crippen molar-refractivity contribution in [2.75, 3.05) is 17.7 Å². The lowest BCUT2D eigenvalue weighted by atomic mass is 10.1. The highest BCUT2D eigenvalue weighted by Gasteiger charge is 2.35. The zero-order chi connectivity index (χ0) is 29.0. The number of aromatic nitrogens is 3. The fraction of sp³-hybridized carbons (Fsp3) is 0.107. The number of aromatic amines is 1. The molecule has 41 heavy (non-hydrogen) atoms. The maximum atomic E-state index is 13.7. The fourth-order valence-electron chi connectivity index (χ4n) is 3.86. The summed E-state index contributed by atoms with van der Waals surface area (Å²) in [6.07, 6.45) is -1.58. The van der Waals surface area contributed by atoms with Crippen LogP contribution in [0.15, 0.2) is 79.1 Å². The summed E-state index contributed by atoms with van der Waals surface area (Å²) in [7, 11) is 1.55. The van der Waals surface area contributed by atoms with E-state index >= 15 is 0 Å². The molecule has 9 nitrogen and oxygen atoms in total. The summed E-state index contributed by atoms with van der Waals surface area (Å²) in [6.45, 7) is 0.263. The number of fused-ring (bicyclic) bond motifs is 1. The zero-order valence-corrected chi connectivity index (χ0v) is 21.3. The van der Waals surface area contributed by atoms with Crippen molar-refractivity contribution in [2.45, 2.75) is 12.8 Å². The Morgan fingerprint density at radius 1 is 0.902 bits per heavy atom. The van der Waals surface area contributed by atoms with Gasteiger partial charge in [-0.05, 0) is 66.7 Å². The van der Waals surface area contributed by atoms with Crippen molar-refractivity contribution in [2.24, 2.45) is 0 Å². The van der Waals surface area contributed by atoms with E-state index in [9.17, 15) is 22.4 Å². The van der Waals surface area contributed by atoms with Gasteiger partial charge in [0.15, 0.2) is 5.65 Å². The number of hydrogen-bond donors (Lipinski definition) is 3. The molecule has 0 atom stereocenters. The van der Waals surface area contributed by atoms with E-state index in [1.54, 1.807) is 43.8 Å². The molecule has 0 radical (unpaired) electrons. The average molecular weight is 567 g/mol. The fourth-order valence-corrected chi connectivity index (χ4v) is 3.86. The number of pyridine rings is 1. The third-order valence-corrected chi connectivity index (χ3v) is 5.72. The lowest BCUT2D eigenvalue weighted by Gasteiger charge is -2.16. The van der Waals surface area contributed by atoms with Gasteiger partial charge in [0.05, 0.1) is 18.2 Å². The van der Waals surface area contributed by atoms with Gasteiger partial charge in [0, 0.05) is 30.2 Å². The van der Waals surface area contributed by atoms with Crippen LogP contribution in [0.1, 0.15) is 11.1 Å². The molecule has 5 rings (SSSR count). The molecular weight excluding hydrogens is 546 g/mol. The molecule has 0 bridgehead atoms. The van der Waals surface area contributed by atoms with E-state index < -0.39 is 29.3 Å². The van der Waals surface area contributed by atoms with Gasteiger partial charge >= 0.3 is 12.2 Å². The number of alkyl halides is 3. The van der Waals surface area contributed by atoms with Crippen LogP contribution < -0.4 is 20.1 Å². The number of nitrogens with zero attached hydrogens (tertiary/aromatic N) is 2. The number of ether oxygens (including phenoxy) is 3. The van der Waals surface area contributed by atoms with E-state index in [0.29, 0.717) is 33.8 Å². The molecule has 2 amide bonds. The third kappa shape index (κ3) is 6.53. The van der Waals surface area contributed by atoms with E-state index in [1.165, 1.54) is 18.2 Å². The topological polar surface area (TPSA) is 110 Å². The Bertz CT molecular complexity index is 1670. The first-order chi connectivity index (χ1) is 19.7. The van der Waals surface area contributed by atoms with Crippen LogP contribution in [-0.4, -0.2) is 28.3 Å². The number of halogens is 4. The maximum Gasteiger partial charge on any atom is 0.420 e. The van der Waals surface area contributed by atoms with Crippen molar-refractivity contribution in [3.63, 3.8) is 0 Å². The molecule has 0 unspecified atom stereocenters. The van der Waals surface area contributed by atoms with Gasteiger partial charge in [-0.1, -0.05) is 0 Å². The molecule has 0 aliphatic rings. The van der Waals surface area contributed by atoms with Crippen LogP contribution in [0.3, 0.4) is 0 Å². The van der Waals surface area contributed by atoms with Crippen LogP contribution in [0.4, 0.5) is 33.7 Å². The highest BCUT2D eigenvalue weighted by atomic mass is 19.4. The summed E-state index contributed by atoms with van der Waals surface area (Å²) in [4.78, 5) is 16.8. The Morgan fingerprint density at radius 2 is 1.56 bits per heavy atom. The lowest BCUT2D eigenvalue weighted by molar-refractivity contribution is -0.138. The SMILES string of the molecule is COCc1cnc2[nH]ncc2c1Oc1ccc(NC(=O)Nc2ccc(Oc3ccc(F)cc3)c(C(F)(F)F)c2)cc1. The summed E-state index contributed by atoms with van der Waals surface area (Å²) >= 11 is 0. The monoisotopic (exact) mass is 567 g/mol. The van der Waals surface area contributed by atoms with Crippen molar-refractivity contribution >= 4 is 28.4 Å². The number of H-pyrrole nitrogens is 1. The van der Waals surface area contributed by atoms with Crippen molar-refractivity contribution in [3.05, 3.63) is 96.1 Å². The molecule has 0 aliphatic heterocycles. The molecule has 0 saturated heterocycles. The molecule has 2 aromatic heterocycles. The molecule has 210 valence electrons. The maximum absolute atomic E-state index is 13.7. The number of anilines is 2. The second kappa shape index (κ2) is 11.5. The van der Waals surface area contributed by atoms with Crippen LogP contribution in [0.5, 0.6) is 23.0 Å². The molecule has 2 heterocycles. The largest absolute Gasteiger partial charge is 0.457 e. The van der Waals surface area contributed by atoms with E-state index in [4.69, 9.17) is 14.2 Å². The number of rotatable bonds is 8. The molecule has 3 N–H and O–H groups in total. The van der Waals surface area contributed by atoms with Crippen LogP contribution in [0.25, 0.3) is 11.0 Å². The molecule has 3 aromatic carbocycles. The van der Waals surface area contributed by atoms with Crippen LogP contribution >= 0.6 is 0 Å².